The fourth-order valence-electron chi connectivity index (χ4n) is 5.18. The summed E-state index contributed by atoms with van der Waals surface area (Å²) in [7, 11) is 0. The zero-order chi connectivity index (χ0) is 24.8. The molecule has 0 bridgehead atoms. The summed E-state index contributed by atoms with van der Waals surface area (Å²) >= 11 is 0. The zero-order valence-electron chi connectivity index (χ0n) is 21.3. The Kier molecular flexibility index (Phi) is 5.64. The van der Waals surface area contributed by atoms with Gasteiger partial charge in [0.15, 0.2) is 5.58 Å². The van der Waals surface area contributed by atoms with Crippen molar-refractivity contribution in [1.29, 1.82) is 0 Å². The highest BCUT2D eigenvalue weighted by atomic mass is 16.3. The lowest BCUT2D eigenvalue weighted by Crippen LogP contribution is -1.95. The lowest BCUT2D eigenvalue weighted by molar-refractivity contribution is 0.620. The maximum Gasteiger partial charge on any atom is 0.227 e. The van der Waals surface area contributed by atoms with E-state index >= 15 is 0 Å². The van der Waals surface area contributed by atoms with Crippen LogP contribution in [0, 0.1) is 11.8 Å². The van der Waals surface area contributed by atoms with E-state index in [0.717, 1.165) is 51.8 Å². The molecule has 2 aromatic heterocycles. The highest BCUT2D eigenvalue weighted by Gasteiger charge is 2.16. The van der Waals surface area contributed by atoms with Crippen LogP contribution >= 0.6 is 0 Å². The first-order valence-electron chi connectivity index (χ1n) is 12.9. The summed E-state index contributed by atoms with van der Waals surface area (Å²) in [5, 5.41) is 2.41. The Morgan fingerprint density at radius 1 is 0.639 bits per heavy atom. The van der Waals surface area contributed by atoms with Gasteiger partial charge in [-0.25, -0.2) is 4.98 Å². The number of fused-ring (bicyclic) bond motifs is 4. The number of furan rings is 1. The van der Waals surface area contributed by atoms with E-state index in [1.54, 1.807) is 0 Å². The van der Waals surface area contributed by atoms with E-state index in [4.69, 9.17) is 8.83 Å². The van der Waals surface area contributed by atoms with E-state index in [2.05, 4.69) is 87.3 Å². The van der Waals surface area contributed by atoms with Gasteiger partial charge in [0.2, 0.25) is 5.89 Å². The smallest absolute Gasteiger partial charge is 0.227 e. The highest BCUT2D eigenvalue weighted by Crippen LogP contribution is 2.38. The Balaban J connectivity index is 1.47. The molecule has 0 aliphatic rings. The molecule has 180 valence electrons. The van der Waals surface area contributed by atoms with Gasteiger partial charge in [-0.2, -0.15) is 0 Å². The first kappa shape index (κ1) is 22.6. The van der Waals surface area contributed by atoms with Crippen LogP contribution in [-0.2, 0) is 12.8 Å². The molecule has 0 spiro atoms. The minimum absolute atomic E-state index is 0.575. The summed E-state index contributed by atoms with van der Waals surface area (Å²) in [6, 6.07) is 27.6. The van der Waals surface area contributed by atoms with Crippen molar-refractivity contribution in [3.8, 4) is 22.6 Å². The number of aromatic nitrogens is 1. The first-order chi connectivity index (χ1) is 17.4. The van der Waals surface area contributed by atoms with Crippen LogP contribution < -0.4 is 0 Å². The van der Waals surface area contributed by atoms with Crippen LogP contribution in [0.3, 0.4) is 0 Å². The fraction of sp³-hybridized carbons (Fsp3) is 0.242. The minimum atomic E-state index is 0.575. The second kappa shape index (κ2) is 8.98. The second-order valence-corrected chi connectivity index (χ2v) is 10.7. The van der Waals surface area contributed by atoms with Gasteiger partial charge < -0.3 is 8.83 Å². The molecule has 0 aliphatic heterocycles. The van der Waals surface area contributed by atoms with Crippen molar-refractivity contribution < 1.29 is 8.83 Å². The number of oxazole rings is 1. The Hall–Kier alpha value is -3.85. The molecule has 0 radical (unpaired) electrons. The number of para-hydroxylation sites is 2. The standard InChI is InChI=1S/C33H31NO2/c1-20(2)15-22-9-14-30-27(17-22)28-19-23(16-21(3)4)18-26(32(28)35-30)24-10-12-25(13-11-24)33-34-29-7-5-6-8-31(29)36-33/h5-14,17-21H,15-16H2,1-4H3. The Bertz CT molecular complexity index is 1650. The van der Waals surface area contributed by atoms with Gasteiger partial charge in [-0.15, -0.1) is 0 Å². The Morgan fingerprint density at radius 3 is 2.08 bits per heavy atom. The summed E-state index contributed by atoms with van der Waals surface area (Å²) in [4.78, 5) is 4.65. The van der Waals surface area contributed by atoms with Crippen molar-refractivity contribution >= 4 is 33.0 Å². The number of nitrogens with zero attached hydrogens (tertiary/aromatic N) is 1. The molecular weight excluding hydrogens is 442 g/mol. The van der Waals surface area contributed by atoms with Crippen molar-refractivity contribution in [3.05, 3.63) is 90.0 Å². The monoisotopic (exact) mass is 473 g/mol. The zero-order valence-corrected chi connectivity index (χ0v) is 21.3. The van der Waals surface area contributed by atoms with Crippen LogP contribution in [0.4, 0.5) is 0 Å². The van der Waals surface area contributed by atoms with E-state index in [-0.39, 0.29) is 0 Å². The van der Waals surface area contributed by atoms with Crippen LogP contribution in [0.2, 0.25) is 0 Å². The van der Waals surface area contributed by atoms with Gasteiger partial charge in [-0.05, 0) is 89.9 Å². The van der Waals surface area contributed by atoms with Gasteiger partial charge in [0.05, 0.1) is 0 Å². The molecule has 36 heavy (non-hydrogen) atoms. The van der Waals surface area contributed by atoms with E-state index in [1.165, 1.54) is 21.9 Å². The Labute approximate surface area is 211 Å². The maximum atomic E-state index is 6.48. The number of rotatable bonds is 6. The first-order valence-corrected chi connectivity index (χ1v) is 12.9. The quantitative estimate of drug-likeness (QED) is 0.242. The molecule has 2 heterocycles. The van der Waals surface area contributed by atoms with Gasteiger partial charge in [-0.3, -0.25) is 0 Å². The molecule has 4 aromatic carbocycles. The minimum Gasteiger partial charge on any atom is -0.455 e. The lowest BCUT2D eigenvalue weighted by atomic mass is 9.94. The molecule has 0 aliphatic carbocycles. The molecule has 0 atom stereocenters. The van der Waals surface area contributed by atoms with Crippen molar-refractivity contribution in [3.63, 3.8) is 0 Å². The molecular formula is C33H31NO2. The Morgan fingerprint density at radius 2 is 1.33 bits per heavy atom. The fourth-order valence-corrected chi connectivity index (χ4v) is 5.18. The van der Waals surface area contributed by atoms with Crippen molar-refractivity contribution in [2.75, 3.05) is 0 Å². The van der Waals surface area contributed by atoms with E-state index < -0.39 is 0 Å². The van der Waals surface area contributed by atoms with Gasteiger partial charge >= 0.3 is 0 Å². The molecule has 0 saturated heterocycles. The second-order valence-electron chi connectivity index (χ2n) is 10.7. The number of hydrogen-bond acceptors (Lipinski definition) is 3. The molecule has 3 heteroatoms. The third-order valence-electron chi connectivity index (χ3n) is 6.72. The van der Waals surface area contributed by atoms with Crippen molar-refractivity contribution in [2.45, 2.75) is 40.5 Å². The SMILES string of the molecule is CC(C)Cc1ccc2oc3c(-c4ccc(-c5nc6ccccc6o5)cc4)cc(CC(C)C)cc3c2c1. The predicted octanol–water partition coefficient (Wildman–Crippen LogP) is 9.46. The predicted molar refractivity (Wildman–Crippen MR) is 149 cm³/mol. The lowest BCUT2D eigenvalue weighted by Gasteiger charge is -2.10. The maximum absolute atomic E-state index is 6.48. The third kappa shape index (κ3) is 4.19. The van der Waals surface area contributed by atoms with Gasteiger partial charge in [-0.1, -0.05) is 58.0 Å². The van der Waals surface area contributed by atoms with E-state index in [1.807, 2.05) is 24.3 Å². The number of benzene rings is 4. The van der Waals surface area contributed by atoms with Gasteiger partial charge in [0.25, 0.3) is 0 Å². The summed E-state index contributed by atoms with van der Waals surface area (Å²) in [6.45, 7) is 9.07. The summed E-state index contributed by atoms with van der Waals surface area (Å²) in [5.41, 5.74) is 9.51. The molecule has 0 amide bonds. The van der Waals surface area contributed by atoms with Crippen LogP contribution in [0.25, 0.3) is 55.6 Å². The van der Waals surface area contributed by atoms with Crippen LogP contribution in [0.5, 0.6) is 0 Å². The van der Waals surface area contributed by atoms with Crippen LogP contribution in [0.1, 0.15) is 38.8 Å². The van der Waals surface area contributed by atoms with Crippen LogP contribution in [-0.4, -0.2) is 4.98 Å². The summed E-state index contributed by atoms with van der Waals surface area (Å²) in [5.74, 6) is 1.84. The van der Waals surface area contributed by atoms with Crippen molar-refractivity contribution in [1.82, 2.24) is 4.98 Å². The van der Waals surface area contributed by atoms with Crippen LogP contribution in [0.15, 0.2) is 87.7 Å². The topological polar surface area (TPSA) is 39.2 Å². The van der Waals surface area contributed by atoms with Crippen molar-refractivity contribution in [2.24, 2.45) is 11.8 Å². The third-order valence-corrected chi connectivity index (χ3v) is 6.72. The average molecular weight is 474 g/mol. The largest absolute Gasteiger partial charge is 0.455 e. The van der Waals surface area contributed by atoms with E-state index in [0.29, 0.717) is 17.7 Å². The van der Waals surface area contributed by atoms with E-state index in [9.17, 15) is 0 Å². The van der Waals surface area contributed by atoms with Gasteiger partial charge in [0.1, 0.15) is 16.7 Å². The number of hydrogen-bond donors (Lipinski definition) is 0. The highest BCUT2D eigenvalue weighted by molar-refractivity contribution is 6.10. The molecule has 0 fully saturated rings. The van der Waals surface area contributed by atoms with Gasteiger partial charge in [0, 0.05) is 21.9 Å². The molecule has 0 saturated carbocycles. The molecule has 0 N–H and O–H groups in total. The average Bonchev–Trinajstić information content (AvgIpc) is 3.45. The summed E-state index contributed by atoms with van der Waals surface area (Å²) in [6.07, 6.45) is 2.10. The molecule has 0 unspecified atom stereocenters. The molecule has 6 aromatic rings. The molecule has 3 nitrogen and oxygen atoms in total. The molecule has 6 rings (SSSR count). The summed E-state index contributed by atoms with van der Waals surface area (Å²) < 4.78 is 12.5. The normalized spacial score (nSPS) is 12.1.